The zero-order valence-corrected chi connectivity index (χ0v) is 25.6. The molecule has 11 heteroatoms. The van der Waals surface area contributed by atoms with E-state index in [0.717, 1.165) is 53.8 Å². The molecule has 5 aromatic rings. The van der Waals surface area contributed by atoms with Crippen LogP contribution < -0.4 is 27.1 Å². The molecule has 2 atom stereocenters. The molecule has 0 amide bonds. The van der Waals surface area contributed by atoms with E-state index in [1.165, 1.54) is 0 Å². The van der Waals surface area contributed by atoms with E-state index in [1.54, 1.807) is 0 Å². The lowest BCUT2D eigenvalue weighted by Gasteiger charge is -2.20. The van der Waals surface area contributed by atoms with Crippen LogP contribution in [0, 0.1) is 0 Å². The zero-order chi connectivity index (χ0) is 27.7. The van der Waals surface area contributed by atoms with Gasteiger partial charge in [0.15, 0.2) is 34.5 Å². The number of fused-ring (bicyclic) bond motifs is 5. The summed E-state index contributed by atoms with van der Waals surface area (Å²) in [4.78, 5) is 2.77. The molecule has 6 nitrogen and oxygen atoms in total. The van der Waals surface area contributed by atoms with E-state index in [4.69, 9.17) is 27.1 Å². The van der Waals surface area contributed by atoms with Gasteiger partial charge in [-0.05, 0) is 105 Å². The van der Waals surface area contributed by atoms with E-state index in [0.29, 0.717) is 40.9 Å². The molecular weight excluding hydrogens is 614 g/mol. The number of rotatable bonds is 4. The van der Waals surface area contributed by atoms with E-state index < -0.39 is 17.2 Å². The minimum atomic E-state index is -1.76. The standard InChI is InChI=1S/C30H20O6P2S3/c39-22-4-1-16-10-25-28(13-19(16)7-22)34-37(31-25)32-26-11-17-2-5-23(40)8-20(17)14-29(26)35-38-33-27-12-18-3-6-24(41)9-21(18)15-30(27)36-38/h1,3-7,9-15,39-41H,2,8H2. The highest BCUT2D eigenvalue weighted by Gasteiger charge is 2.35. The Labute approximate surface area is 254 Å². The molecule has 2 heterocycles. The number of hydrogen-bond donors (Lipinski definition) is 3. The van der Waals surface area contributed by atoms with E-state index in [9.17, 15) is 0 Å². The lowest BCUT2D eigenvalue weighted by molar-refractivity contribution is 0.401. The van der Waals surface area contributed by atoms with Crippen molar-refractivity contribution >= 4 is 76.6 Å². The highest BCUT2D eigenvalue weighted by atomic mass is 32.1. The van der Waals surface area contributed by atoms with Crippen molar-refractivity contribution in [3.8, 4) is 34.5 Å². The Hall–Kier alpha value is -2.93. The molecule has 5 aromatic carbocycles. The van der Waals surface area contributed by atoms with Crippen LogP contribution in [0.3, 0.4) is 0 Å². The number of benzene rings is 5. The Balaban J connectivity index is 1.08. The first-order valence-electron chi connectivity index (χ1n) is 12.7. The summed E-state index contributed by atoms with van der Waals surface area (Å²) in [5.41, 5.74) is 2.23. The Kier molecular flexibility index (Phi) is 6.35. The summed E-state index contributed by atoms with van der Waals surface area (Å²) < 4.78 is 37.1. The van der Waals surface area contributed by atoms with Gasteiger partial charge in [0, 0.05) is 16.2 Å². The van der Waals surface area contributed by atoms with Gasteiger partial charge in [0.1, 0.15) is 0 Å². The van der Waals surface area contributed by atoms with E-state index >= 15 is 0 Å². The van der Waals surface area contributed by atoms with E-state index in [-0.39, 0.29) is 0 Å². The molecule has 204 valence electrons. The quantitative estimate of drug-likeness (QED) is 0.135. The van der Waals surface area contributed by atoms with Crippen LogP contribution in [0.5, 0.6) is 34.5 Å². The van der Waals surface area contributed by atoms with Gasteiger partial charge < -0.3 is 27.1 Å². The summed E-state index contributed by atoms with van der Waals surface area (Å²) in [7, 11) is -3.52. The SMILES string of the molecule is SC1=CCc2cc(OP3Oc4cc5ccc(S)cc5cc4O3)c(OP3Oc4cc5ccc(S)cc5cc4O3)cc2C1. The number of thiol groups is 3. The van der Waals surface area contributed by atoms with Crippen LogP contribution >= 0.6 is 55.1 Å². The Morgan fingerprint density at radius 3 is 1.51 bits per heavy atom. The van der Waals surface area contributed by atoms with Crippen molar-refractivity contribution < 1.29 is 27.1 Å². The highest BCUT2D eigenvalue weighted by Crippen LogP contribution is 2.58. The van der Waals surface area contributed by atoms with Crippen LogP contribution in [0.2, 0.25) is 0 Å². The van der Waals surface area contributed by atoms with Crippen LogP contribution in [-0.4, -0.2) is 0 Å². The van der Waals surface area contributed by atoms with Crippen molar-refractivity contribution in [3.05, 3.63) is 94.9 Å². The van der Waals surface area contributed by atoms with Crippen LogP contribution in [0.1, 0.15) is 11.1 Å². The molecule has 0 saturated heterocycles. The second-order valence-electron chi connectivity index (χ2n) is 9.80. The van der Waals surface area contributed by atoms with Gasteiger partial charge in [0.05, 0.1) is 0 Å². The lowest BCUT2D eigenvalue weighted by Crippen LogP contribution is -2.05. The molecule has 0 spiro atoms. The Morgan fingerprint density at radius 2 is 1.00 bits per heavy atom. The topological polar surface area (TPSA) is 55.4 Å². The summed E-state index contributed by atoms with van der Waals surface area (Å²) >= 11 is 13.5. The molecular formula is C30H20O6P2S3. The van der Waals surface area contributed by atoms with Crippen molar-refractivity contribution in [3.63, 3.8) is 0 Å². The first-order chi connectivity index (χ1) is 19.9. The average molecular weight is 635 g/mol. The molecule has 0 saturated carbocycles. The molecule has 1 aliphatic carbocycles. The third-order valence-corrected chi connectivity index (χ3v) is 9.98. The molecule has 3 aliphatic rings. The van der Waals surface area contributed by atoms with Crippen LogP contribution in [0.4, 0.5) is 0 Å². The first kappa shape index (κ1) is 25.8. The normalized spacial score (nSPS) is 18.4. The maximum Gasteiger partial charge on any atom is 0.530 e. The minimum Gasteiger partial charge on any atom is -0.404 e. The maximum atomic E-state index is 6.33. The minimum absolute atomic E-state index is 0.489. The lowest BCUT2D eigenvalue weighted by atomic mass is 9.96. The largest absolute Gasteiger partial charge is 0.530 e. The third-order valence-electron chi connectivity index (χ3n) is 7.01. The van der Waals surface area contributed by atoms with E-state index in [2.05, 4.69) is 44.0 Å². The van der Waals surface area contributed by atoms with Crippen molar-refractivity contribution in [1.82, 2.24) is 0 Å². The van der Waals surface area contributed by atoms with Gasteiger partial charge in [-0.3, -0.25) is 0 Å². The molecule has 0 bridgehead atoms. The average Bonchev–Trinajstić information content (AvgIpc) is 3.52. The summed E-state index contributed by atoms with van der Waals surface area (Å²) in [5.74, 6) is 3.51. The summed E-state index contributed by atoms with van der Waals surface area (Å²) in [5, 5.41) is 4.09. The second-order valence-corrected chi connectivity index (χ2v) is 13.4. The van der Waals surface area contributed by atoms with Gasteiger partial charge in [-0.1, -0.05) is 18.2 Å². The van der Waals surface area contributed by atoms with Gasteiger partial charge in [-0.2, -0.15) is 0 Å². The van der Waals surface area contributed by atoms with Gasteiger partial charge >= 0.3 is 17.2 Å². The Morgan fingerprint density at radius 1 is 0.537 bits per heavy atom. The smallest absolute Gasteiger partial charge is 0.404 e. The van der Waals surface area contributed by atoms with Crippen LogP contribution in [-0.2, 0) is 12.8 Å². The van der Waals surface area contributed by atoms with Crippen molar-refractivity contribution in [2.75, 3.05) is 0 Å². The molecule has 0 radical (unpaired) electrons. The fourth-order valence-electron chi connectivity index (χ4n) is 5.00. The molecule has 2 unspecified atom stereocenters. The molecule has 0 N–H and O–H groups in total. The highest BCUT2D eigenvalue weighted by molar-refractivity contribution is 7.84. The molecule has 2 aliphatic heterocycles. The van der Waals surface area contributed by atoms with Crippen molar-refractivity contribution in [2.24, 2.45) is 0 Å². The van der Waals surface area contributed by atoms with Crippen LogP contribution in [0.15, 0.2) is 93.6 Å². The fraction of sp³-hybridized carbons (Fsp3) is 0.0667. The van der Waals surface area contributed by atoms with Gasteiger partial charge in [0.25, 0.3) is 0 Å². The third kappa shape index (κ3) is 4.94. The maximum absolute atomic E-state index is 6.33. The number of allylic oxidation sites excluding steroid dienone is 2. The molecule has 0 fully saturated rings. The van der Waals surface area contributed by atoms with Crippen LogP contribution in [0.25, 0.3) is 21.5 Å². The van der Waals surface area contributed by atoms with Crippen molar-refractivity contribution in [2.45, 2.75) is 22.6 Å². The molecule has 41 heavy (non-hydrogen) atoms. The predicted molar refractivity (Wildman–Crippen MR) is 171 cm³/mol. The Bertz CT molecular complexity index is 1930. The van der Waals surface area contributed by atoms with Crippen molar-refractivity contribution in [1.29, 1.82) is 0 Å². The zero-order valence-electron chi connectivity index (χ0n) is 21.1. The molecule has 0 aromatic heterocycles. The van der Waals surface area contributed by atoms with E-state index in [1.807, 2.05) is 72.8 Å². The molecule has 8 rings (SSSR count). The van der Waals surface area contributed by atoms with Gasteiger partial charge in [-0.25, -0.2) is 0 Å². The fourth-order valence-corrected chi connectivity index (χ4v) is 7.73. The predicted octanol–water partition coefficient (Wildman–Crippen LogP) is 9.64. The van der Waals surface area contributed by atoms with Gasteiger partial charge in [0.2, 0.25) is 0 Å². The summed E-state index contributed by atoms with van der Waals surface area (Å²) in [6.45, 7) is 0. The van der Waals surface area contributed by atoms with Gasteiger partial charge in [-0.15, -0.1) is 37.9 Å². The first-order valence-corrected chi connectivity index (χ1v) is 16.2. The summed E-state index contributed by atoms with van der Waals surface area (Å²) in [6, 6.07) is 23.6. The monoisotopic (exact) mass is 634 g/mol. The number of hydrogen-bond acceptors (Lipinski definition) is 9. The second kappa shape index (κ2) is 10.1. The summed E-state index contributed by atoms with van der Waals surface area (Å²) in [6.07, 6.45) is 3.56.